The highest BCUT2D eigenvalue weighted by molar-refractivity contribution is 6.30. The quantitative estimate of drug-likeness (QED) is 0.537. The highest BCUT2D eigenvalue weighted by Crippen LogP contribution is 2.28. The molecule has 0 aliphatic carbocycles. The van der Waals surface area contributed by atoms with Gasteiger partial charge in [-0.15, -0.1) is 0 Å². The standard InChI is InChI=1S/C18H27ClO3/c1-4-6-7-11-16(5-2)22-17(21)18(3,13-20)14-9-8-10-15(19)12-14/h8-10,12,16,20H,4-7,11,13H2,1-3H3. The predicted molar refractivity (Wildman–Crippen MR) is 90.2 cm³/mol. The molecule has 22 heavy (non-hydrogen) atoms. The lowest BCUT2D eigenvalue weighted by atomic mass is 9.83. The Balaban J connectivity index is 2.82. The molecule has 0 fully saturated rings. The van der Waals surface area contributed by atoms with Crippen LogP contribution < -0.4 is 0 Å². The Bertz CT molecular complexity index is 475. The Kier molecular flexibility index (Phi) is 7.91. The molecular weight excluding hydrogens is 300 g/mol. The van der Waals surface area contributed by atoms with Crippen molar-refractivity contribution < 1.29 is 14.6 Å². The second kappa shape index (κ2) is 9.16. The third kappa shape index (κ3) is 4.99. The van der Waals surface area contributed by atoms with Crippen LogP contribution in [0.15, 0.2) is 24.3 Å². The summed E-state index contributed by atoms with van der Waals surface area (Å²) in [7, 11) is 0. The van der Waals surface area contributed by atoms with E-state index in [0.29, 0.717) is 10.6 Å². The molecule has 124 valence electrons. The number of esters is 1. The summed E-state index contributed by atoms with van der Waals surface area (Å²) >= 11 is 6.00. The average Bonchev–Trinajstić information content (AvgIpc) is 2.53. The molecule has 0 aromatic heterocycles. The Morgan fingerprint density at radius 3 is 2.64 bits per heavy atom. The number of benzene rings is 1. The number of hydrogen-bond acceptors (Lipinski definition) is 3. The van der Waals surface area contributed by atoms with Crippen molar-refractivity contribution in [1.29, 1.82) is 0 Å². The van der Waals surface area contributed by atoms with Gasteiger partial charge in [-0.3, -0.25) is 4.79 Å². The van der Waals surface area contributed by atoms with E-state index in [2.05, 4.69) is 6.92 Å². The topological polar surface area (TPSA) is 46.5 Å². The number of unbranched alkanes of at least 4 members (excludes halogenated alkanes) is 2. The average molecular weight is 327 g/mol. The first-order valence-electron chi connectivity index (χ1n) is 8.05. The molecule has 0 radical (unpaired) electrons. The van der Waals surface area contributed by atoms with E-state index in [9.17, 15) is 9.90 Å². The molecule has 0 aliphatic rings. The summed E-state index contributed by atoms with van der Waals surface area (Å²) in [6.07, 6.45) is 4.89. The first kappa shape index (κ1) is 19.0. The van der Waals surface area contributed by atoms with Crippen LogP contribution in [0.1, 0.15) is 58.4 Å². The van der Waals surface area contributed by atoms with Crippen LogP contribution in [0.2, 0.25) is 5.02 Å². The van der Waals surface area contributed by atoms with E-state index >= 15 is 0 Å². The highest BCUT2D eigenvalue weighted by atomic mass is 35.5. The molecular formula is C18H27ClO3. The smallest absolute Gasteiger partial charge is 0.318 e. The van der Waals surface area contributed by atoms with Gasteiger partial charge in [-0.05, 0) is 43.9 Å². The molecule has 0 saturated carbocycles. The lowest BCUT2D eigenvalue weighted by molar-refractivity contribution is -0.157. The summed E-state index contributed by atoms with van der Waals surface area (Å²) in [5.41, 5.74) is -0.404. The summed E-state index contributed by atoms with van der Waals surface area (Å²) < 4.78 is 5.65. The van der Waals surface area contributed by atoms with Crippen molar-refractivity contribution in [2.45, 2.75) is 64.4 Å². The number of ether oxygens (including phenoxy) is 1. The number of hydrogen-bond donors (Lipinski definition) is 1. The molecule has 2 atom stereocenters. The summed E-state index contributed by atoms with van der Waals surface area (Å²) in [5, 5.41) is 10.3. The van der Waals surface area contributed by atoms with Crippen LogP contribution in [0.5, 0.6) is 0 Å². The fourth-order valence-corrected chi connectivity index (χ4v) is 2.55. The van der Waals surface area contributed by atoms with Gasteiger partial charge >= 0.3 is 5.97 Å². The monoisotopic (exact) mass is 326 g/mol. The number of carbonyl (C=O) groups is 1. The van der Waals surface area contributed by atoms with Gasteiger partial charge in [-0.25, -0.2) is 0 Å². The first-order valence-corrected chi connectivity index (χ1v) is 8.43. The van der Waals surface area contributed by atoms with Gasteiger partial charge in [0.2, 0.25) is 0 Å². The van der Waals surface area contributed by atoms with Gasteiger partial charge in [0.1, 0.15) is 11.5 Å². The molecule has 0 spiro atoms. The van der Waals surface area contributed by atoms with Gasteiger partial charge in [0.15, 0.2) is 0 Å². The van der Waals surface area contributed by atoms with Crippen LogP contribution in [-0.2, 0) is 14.9 Å². The number of halogens is 1. The fourth-order valence-electron chi connectivity index (χ4n) is 2.36. The molecule has 0 heterocycles. The summed E-state index contributed by atoms with van der Waals surface area (Å²) in [6, 6.07) is 7.02. The van der Waals surface area contributed by atoms with Gasteiger partial charge in [0.05, 0.1) is 6.61 Å². The molecule has 1 aromatic rings. The van der Waals surface area contributed by atoms with Crippen LogP contribution in [0.4, 0.5) is 0 Å². The molecule has 4 heteroatoms. The van der Waals surface area contributed by atoms with Gasteiger partial charge in [0.25, 0.3) is 0 Å². The van der Waals surface area contributed by atoms with Crippen molar-refractivity contribution in [3.05, 3.63) is 34.9 Å². The van der Waals surface area contributed by atoms with E-state index in [0.717, 1.165) is 32.1 Å². The molecule has 1 rings (SSSR count). The highest BCUT2D eigenvalue weighted by Gasteiger charge is 2.37. The summed E-state index contributed by atoms with van der Waals surface area (Å²) in [6.45, 7) is 5.55. The summed E-state index contributed by atoms with van der Waals surface area (Å²) in [5.74, 6) is -0.388. The third-order valence-corrected chi connectivity index (χ3v) is 4.32. The minimum Gasteiger partial charge on any atom is -0.462 e. The molecule has 0 aliphatic heterocycles. The molecule has 1 aromatic carbocycles. The van der Waals surface area contributed by atoms with E-state index in [1.807, 2.05) is 6.92 Å². The van der Waals surface area contributed by atoms with Crippen molar-refractivity contribution in [2.24, 2.45) is 0 Å². The number of aliphatic hydroxyl groups excluding tert-OH is 1. The second-order valence-electron chi connectivity index (χ2n) is 5.93. The van der Waals surface area contributed by atoms with Gasteiger partial charge in [0, 0.05) is 5.02 Å². The molecule has 0 amide bonds. The van der Waals surface area contributed by atoms with Crippen molar-refractivity contribution in [1.82, 2.24) is 0 Å². The molecule has 0 bridgehead atoms. The van der Waals surface area contributed by atoms with E-state index in [1.165, 1.54) is 0 Å². The van der Waals surface area contributed by atoms with Crippen molar-refractivity contribution in [2.75, 3.05) is 6.61 Å². The number of carbonyl (C=O) groups excluding carboxylic acids is 1. The van der Waals surface area contributed by atoms with Crippen molar-refractivity contribution in [3.63, 3.8) is 0 Å². The van der Waals surface area contributed by atoms with Crippen LogP contribution in [-0.4, -0.2) is 23.8 Å². The molecule has 2 unspecified atom stereocenters. The number of rotatable bonds is 9. The zero-order chi connectivity index (χ0) is 16.6. The van der Waals surface area contributed by atoms with E-state index < -0.39 is 5.41 Å². The number of aliphatic hydroxyl groups is 1. The first-order chi connectivity index (χ1) is 10.5. The second-order valence-corrected chi connectivity index (χ2v) is 6.37. The van der Waals surface area contributed by atoms with E-state index in [4.69, 9.17) is 16.3 Å². The van der Waals surface area contributed by atoms with E-state index in [1.54, 1.807) is 31.2 Å². The maximum absolute atomic E-state index is 12.6. The SMILES string of the molecule is CCCCCC(CC)OC(=O)C(C)(CO)c1cccc(Cl)c1. The van der Waals surface area contributed by atoms with Crippen molar-refractivity contribution in [3.8, 4) is 0 Å². The Morgan fingerprint density at radius 1 is 1.36 bits per heavy atom. The lowest BCUT2D eigenvalue weighted by Gasteiger charge is -2.28. The predicted octanol–water partition coefficient (Wildman–Crippen LogP) is 4.49. The van der Waals surface area contributed by atoms with Gasteiger partial charge in [-0.2, -0.15) is 0 Å². The maximum atomic E-state index is 12.6. The van der Waals surface area contributed by atoms with Crippen LogP contribution in [0, 0.1) is 0 Å². The minimum absolute atomic E-state index is 0.0934. The van der Waals surface area contributed by atoms with Crippen LogP contribution >= 0.6 is 11.6 Å². The normalized spacial score (nSPS) is 15.1. The Labute approximate surface area is 138 Å². The zero-order valence-corrected chi connectivity index (χ0v) is 14.5. The molecule has 1 N–H and O–H groups in total. The third-order valence-electron chi connectivity index (χ3n) is 4.09. The minimum atomic E-state index is -1.08. The van der Waals surface area contributed by atoms with Crippen LogP contribution in [0.25, 0.3) is 0 Å². The lowest BCUT2D eigenvalue weighted by Crippen LogP contribution is -2.40. The van der Waals surface area contributed by atoms with Crippen molar-refractivity contribution >= 4 is 17.6 Å². The maximum Gasteiger partial charge on any atom is 0.318 e. The van der Waals surface area contributed by atoms with E-state index in [-0.39, 0.29) is 18.7 Å². The van der Waals surface area contributed by atoms with Crippen LogP contribution in [0.3, 0.4) is 0 Å². The molecule has 3 nitrogen and oxygen atoms in total. The molecule has 0 saturated heterocycles. The van der Waals surface area contributed by atoms with Gasteiger partial charge < -0.3 is 9.84 Å². The van der Waals surface area contributed by atoms with Gasteiger partial charge in [-0.1, -0.05) is 50.4 Å². The Hall–Kier alpha value is -1.06. The fraction of sp³-hybridized carbons (Fsp3) is 0.611. The Morgan fingerprint density at radius 2 is 2.09 bits per heavy atom. The summed E-state index contributed by atoms with van der Waals surface area (Å²) in [4.78, 5) is 12.6. The zero-order valence-electron chi connectivity index (χ0n) is 13.8. The largest absolute Gasteiger partial charge is 0.462 e.